The highest BCUT2D eigenvalue weighted by Gasteiger charge is 2.16. The van der Waals surface area contributed by atoms with E-state index in [1.807, 2.05) is 18.2 Å². The van der Waals surface area contributed by atoms with Crippen molar-refractivity contribution >= 4 is 17.2 Å². The Morgan fingerprint density at radius 2 is 2.17 bits per heavy atom. The summed E-state index contributed by atoms with van der Waals surface area (Å²) in [6.45, 7) is 0.352. The van der Waals surface area contributed by atoms with Gasteiger partial charge in [-0.1, -0.05) is 6.07 Å². The van der Waals surface area contributed by atoms with Crippen LogP contribution in [0.2, 0.25) is 0 Å². The molecule has 0 aliphatic rings. The number of aliphatic hydroxyl groups excluding tert-OH is 1. The third-order valence-corrected chi connectivity index (χ3v) is 4.58. The van der Waals surface area contributed by atoms with E-state index in [-0.39, 0.29) is 5.91 Å². The summed E-state index contributed by atoms with van der Waals surface area (Å²) in [4.78, 5) is 13.8. The molecule has 0 fully saturated rings. The molecule has 24 heavy (non-hydrogen) atoms. The SMILES string of the molecule is N#Cc1cccc(C(=O)NCc2ccc([C@@H](O)c3ccco3)s2)c1. The Bertz CT molecular complexity index is 878. The van der Waals surface area contributed by atoms with Crippen LogP contribution in [0.3, 0.4) is 0 Å². The lowest BCUT2D eigenvalue weighted by atomic mass is 10.1. The van der Waals surface area contributed by atoms with Crippen LogP contribution in [0.5, 0.6) is 0 Å². The minimum Gasteiger partial charge on any atom is -0.466 e. The molecule has 0 unspecified atom stereocenters. The molecule has 2 aromatic heterocycles. The van der Waals surface area contributed by atoms with Gasteiger partial charge < -0.3 is 14.8 Å². The second-order valence-corrected chi connectivity index (χ2v) is 6.30. The summed E-state index contributed by atoms with van der Waals surface area (Å²) < 4.78 is 5.20. The van der Waals surface area contributed by atoms with Gasteiger partial charge in [-0.3, -0.25) is 4.79 Å². The lowest BCUT2D eigenvalue weighted by molar-refractivity contribution is 0.0951. The van der Waals surface area contributed by atoms with Crippen LogP contribution in [-0.4, -0.2) is 11.0 Å². The number of hydrogen-bond acceptors (Lipinski definition) is 5. The lowest BCUT2D eigenvalue weighted by Gasteiger charge is -2.05. The summed E-state index contributed by atoms with van der Waals surface area (Å²) in [7, 11) is 0. The monoisotopic (exact) mass is 338 g/mol. The van der Waals surface area contributed by atoms with Crippen molar-refractivity contribution in [1.82, 2.24) is 5.32 Å². The van der Waals surface area contributed by atoms with Crippen molar-refractivity contribution in [3.8, 4) is 6.07 Å². The normalized spacial score (nSPS) is 11.7. The van der Waals surface area contributed by atoms with Crippen LogP contribution in [0.1, 0.15) is 37.5 Å². The molecule has 0 spiro atoms. The maximum atomic E-state index is 12.1. The van der Waals surface area contributed by atoms with E-state index in [1.54, 1.807) is 36.4 Å². The maximum Gasteiger partial charge on any atom is 0.251 e. The average molecular weight is 338 g/mol. The van der Waals surface area contributed by atoms with Gasteiger partial charge in [-0.15, -0.1) is 11.3 Å². The van der Waals surface area contributed by atoms with E-state index in [1.165, 1.54) is 17.6 Å². The Labute approximate surface area is 142 Å². The van der Waals surface area contributed by atoms with Gasteiger partial charge in [-0.25, -0.2) is 0 Å². The largest absolute Gasteiger partial charge is 0.466 e. The Kier molecular flexibility index (Phi) is 4.75. The fourth-order valence-electron chi connectivity index (χ4n) is 2.22. The number of nitriles is 1. The summed E-state index contributed by atoms with van der Waals surface area (Å²) in [5.41, 5.74) is 0.893. The average Bonchev–Trinajstić information content (AvgIpc) is 3.31. The highest BCUT2D eigenvalue weighted by molar-refractivity contribution is 7.12. The van der Waals surface area contributed by atoms with Crippen molar-refractivity contribution in [2.24, 2.45) is 0 Å². The molecule has 3 rings (SSSR count). The first-order valence-electron chi connectivity index (χ1n) is 7.26. The number of carbonyl (C=O) groups is 1. The van der Waals surface area contributed by atoms with Crippen LogP contribution in [0, 0.1) is 11.3 Å². The summed E-state index contributed by atoms with van der Waals surface area (Å²) >= 11 is 1.41. The molecule has 0 radical (unpaired) electrons. The third kappa shape index (κ3) is 3.54. The molecule has 0 aliphatic carbocycles. The van der Waals surface area contributed by atoms with Crippen LogP contribution < -0.4 is 5.32 Å². The number of aliphatic hydroxyl groups is 1. The summed E-state index contributed by atoms with van der Waals surface area (Å²) in [6.07, 6.45) is 0.713. The van der Waals surface area contributed by atoms with Crippen molar-refractivity contribution in [3.63, 3.8) is 0 Å². The third-order valence-electron chi connectivity index (χ3n) is 3.44. The number of rotatable bonds is 5. The second kappa shape index (κ2) is 7.13. The molecule has 5 nitrogen and oxygen atoms in total. The van der Waals surface area contributed by atoms with E-state index in [4.69, 9.17) is 9.68 Å². The molecular formula is C18H14N2O3S. The molecule has 120 valence electrons. The van der Waals surface area contributed by atoms with Crippen LogP contribution in [0.4, 0.5) is 0 Å². The van der Waals surface area contributed by atoms with Gasteiger partial charge in [0.25, 0.3) is 5.91 Å². The predicted octanol–water partition coefficient (Wildman–Crippen LogP) is 3.22. The quantitative estimate of drug-likeness (QED) is 0.748. The maximum absolute atomic E-state index is 12.1. The van der Waals surface area contributed by atoms with E-state index in [0.717, 1.165) is 9.75 Å². The van der Waals surface area contributed by atoms with Gasteiger partial charge in [0.2, 0.25) is 0 Å². The number of carbonyl (C=O) groups excluding carboxylic acids is 1. The molecule has 6 heteroatoms. The fourth-order valence-corrected chi connectivity index (χ4v) is 3.17. The zero-order valence-electron chi connectivity index (χ0n) is 12.6. The summed E-state index contributed by atoms with van der Waals surface area (Å²) in [5.74, 6) is 0.245. The van der Waals surface area contributed by atoms with Crippen molar-refractivity contribution in [2.45, 2.75) is 12.6 Å². The number of thiophene rings is 1. The van der Waals surface area contributed by atoms with E-state index < -0.39 is 6.10 Å². The Morgan fingerprint density at radius 3 is 2.92 bits per heavy atom. The number of furan rings is 1. The molecule has 1 aromatic carbocycles. The first kappa shape index (κ1) is 16.0. The number of hydrogen-bond donors (Lipinski definition) is 2. The van der Waals surface area contributed by atoms with E-state index >= 15 is 0 Å². The Morgan fingerprint density at radius 1 is 1.29 bits per heavy atom. The molecule has 0 aliphatic heterocycles. The molecular weight excluding hydrogens is 324 g/mol. The summed E-state index contributed by atoms with van der Waals surface area (Å²) in [5, 5.41) is 21.9. The first-order chi connectivity index (χ1) is 11.7. The van der Waals surface area contributed by atoms with Crippen LogP contribution in [-0.2, 0) is 6.54 Å². The Hall–Kier alpha value is -2.88. The van der Waals surface area contributed by atoms with Crippen molar-refractivity contribution in [2.75, 3.05) is 0 Å². The minimum atomic E-state index is -0.804. The second-order valence-electron chi connectivity index (χ2n) is 5.10. The standard InChI is InChI=1S/C18H14N2O3S/c19-10-12-3-1-4-13(9-12)18(22)20-11-14-6-7-16(24-14)17(21)15-5-2-8-23-15/h1-9,17,21H,11H2,(H,20,22)/t17-/m0/s1. The van der Waals surface area contributed by atoms with Gasteiger partial charge in [0.05, 0.1) is 24.4 Å². The highest BCUT2D eigenvalue weighted by atomic mass is 32.1. The highest BCUT2D eigenvalue weighted by Crippen LogP contribution is 2.28. The van der Waals surface area contributed by atoms with Gasteiger partial charge in [0.15, 0.2) is 0 Å². The van der Waals surface area contributed by atoms with E-state index in [9.17, 15) is 9.90 Å². The van der Waals surface area contributed by atoms with Gasteiger partial charge >= 0.3 is 0 Å². The molecule has 2 N–H and O–H groups in total. The minimum absolute atomic E-state index is 0.242. The van der Waals surface area contributed by atoms with Crippen molar-refractivity contribution in [1.29, 1.82) is 5.26 Å². The zero-order chi connectivity index (χ0) is 16.9. The molecule has 1 amide bonds. The molecule has 0 bridgehead atoms. The topological polar surface area (TPSA) is 86.3 Å². The molecule has 1 atom stereocenters. The van der Waals surface area contributed by atoms with Crippen LogP contribution in [0.15, 0.2) is 59.2 Å². The predicted molar refractivity (Wildman–Crippen MR) is 89.4 cm³/mol. The summed E-state index contributed by atoms with van der Waals surface area (Å²) in [6, 6.07) is 15.7. The van der Waals surface area contributed by atoms with Gasteiger partial charge in [0, 0.05) is 15.3 Å². The molecule has 3 aromatic rings. The van der Waals surface area contributed by atoms with Crippen molar-refractivity contribution in [3.05, 3.63) is 81.4 Å². The first-order valence-corrected chi connectivity index (χ1v) is 8.07. The number of benzene rings is 1. The Balaban J connectivity index is 1.63. The number of nitrogens with one attached hydrogen (secondary N) is 1. The van der Waals surface area contributed by atoms with E-state index in [2.05, 4.69) is 5.32 Å². The lowest BCUT2D eigenvalue weighted by Crippen LogP contribution is -2.22. The molecule has 0 saturated heterocycles. The van der Waals surface area contributed by atoms with Crippen molar-refractivity contribution < 1.29 is 14.3 Å². The van der Waals surface area contributed by atoms with Gasteiger partial charge in [0.1, 0.15) is 11.9 Å². The van der Waals surface area contributed by atoms with E-state index in [0.29, 0.717) is 23.4 Å². The van der Waals surface area contributed by atoms with Gasteiger partial charge in [-0.2, -0.15) is 5.26 Å². The number of nitrogens with zero attached hydrogens (tertiary/aromatic N) is 1. The van der Waals surface area contributed by atoms with Crippen LogP contribution >= 0.6 is 11.3 Å². The molecule has 2 heterocycles. The number of amides is 1. The van der Waals surface area contributed by atoms with Gasteiger partial charge in [-0.05, 0) is 42.5 Å². The van der Waals surface area contributed by atoms with Crippen LogP contribution in [0.25, 0.3) is 0 Å². The fraction of sp³-hybridized carbons (Fsp3) is 0.111. The molecule has 0 saturated carbocycles. The zero-order valence-corrected chi connectivity index (χ0v) is 13.4. The smallest absolute Gasteiger partial charge is 0.251 e.